The molecule has 0 aliphatic heterocycles. The predicted molar refractivity (Wildman–Crippen MR) is 92.7 cm³/mol. The number of benzene rings is 1. The molecule has 0 radical (unpaired) electrons. The zero-order chi connectivity index (χ0) is 17.8. The van der Waals surface area contributed by atoms with Crippen molar-refractivity contribution in [3.05, 3.63) is 29.6 Å². The van der Waals surface area contributed by atoms with Crippen molar-refractivity contribution in [3.8, 4) is 17.0 Å². The largest absolute Gasteiger partial charge is 0.435 e. The number of carbonyl (C=O) groups is 1. The minimum absolute atomic E-state index is 0.0797. The highest BCUT2D eigenvalue weighted by molar-refractivity contribution is 7.14. The second kappa shape index (κ2) is 7.88. The fourth-order valence-electron chi connectivity index (χ4n) is 3.00. The van der Waals surface area contributed by atoms with Crippen molar-refractivity contribution in [1.82, 2.24) is 4.98 Å². The van der Waals surface area contributed by atoms with Gasteiger partial charge in [-0.3, -0.25) is 4.79 Å². The van der Waals surface area contributed by atoms with Crippen LogP contribution in [0.1, 0.15) is 25.7 Å². The first kappa shape index (κ1) is 17.8. The number of aromatic nitrogens is 1. The standard InChI is InChI=1S/C17H19F2N3O2S/c18-16(19)24-12-6-4-10(5-7-12)14-9-25-17(21-14)22-15(23)8-11-2-1-3-13(11)20/h4-7,9,11,13,16H,1-3,8,20H2,(H,21,22,23)/t11-,13+/m0/s1. The highest BCUT2D eigenvalue weighted by atomic mass is 32.1. The molecule has 1 heterocycles. The third-order valence-corrected chi connectivity index (χ3v) is 5.05. The van der Waals surface area contributed by atoms with Crippen LogP contribution in [0.3, 0.4) is 0 Å². The van der Waals surface area contributed by atoms with E-state index < -0.39 is 6.61 Å². The van der Waals surface area contributed by atoms with E-state index in [1.165, 1.54) is 23.5 Å². The number of alkyl halides is 2. The van der Waals surface area contributed by atoms with Crippen LogP contribution in [-0.4, -0.2) is 23.5 Å². The first-order chi connectivity index (χ1) is 12.0. The summed E-state index contributed by atoms with van der Waals surface area (Å²) >= 11 is 1.32. The van der Waals surface area contributed by atoms with Crippen LogP contribution in [0.2, 0.25) is 0 Å². The Hall–Kier alpha value is -2.06. The Morgan fingerprint density at radius 1 is 1.36 bits per heavy atom. The Morgan fingerprint density at radius 2 is 2.12 bits per heavy atom. The molecule has 0 unspecified atom stereocenters. The molecule has 5 nitrogen and oxygen atoms in total. The van der Waals surface area contributed by atoms with Crippen molar-refractivity contribution < 1.29 is 18.3 Å². The predicted octanol–water partition coefficient (Wildman–Crippen LogP) is 3.87. The zero-order valence-electron chi connectivity index (χ0n) is 13.5. The van der Waals surface area contributed by atoms with Crippen molar-refractivity contribution in [2.75, 3.05) is 5.32 Å². The Labute approximate surface area is 148 Å². The maximum atomic E-state index is 12.2. The third kappa shape index (κ3) is 4.73. The number of nitrogens with one attached hydrogen (secondary N) is 1. The van der Waals surface area contributed by atoms with E-state index >= 15 is 0 Å². The van der Waals surface area contributed by atoms with E-state index in [9.17, 15) is 13.6 Å². The van der Waals surface area contributed by atoms with Gasteiger partial charge in [0.15, 0.2) is 5.13 Å². The van der Waals surface area contributed by atoms with Gasteiger partial charge in [-0.25, -0.2) is 4.98 Å². The molecule has 25 heavy (non-hydrogen) atoms. The van der Waals surface area contributed by atoms with Crippen molar-refractivity contribution >= 4 is 22.4 Å². The number of thiazole rings is 1. The summed E-state index contributed by atoms with van der Waals surface area (Å²) in [6.07, 6.45) is 3.46. The summed E-state index contributed by atoms with van der Waals surface area (Å²) in [5.74, 6) is 0.251. The molecule has 1 aliphatic rings. The molecule has 3 rings (SSSR count). The quantitative estimate of drug-likeness (QED) is 0.813. The first-order valence-corrected chi connectivity index (χ1v) is 8.95. The topological polar surface area (TPSA) is 77.2 Å². The van der Waals surface area contributed by atoms with Crippen LogP contribution in [0.15, 0.2) is 29.6 Å². The minimum Gasteiger partial charge on any atom is -0.435 e. The van der Waals surface area contributed by atoms with Crippen molar-refractivity contribution in [3.63, 3.8) is 0 Å². The second-order valence-electron chi connectivity index (χ2n) is 6.05. The molecule has 1 aromatic carbocycles. The minimum atomic E-state index is -2.85. The monoisotopic (exact) mass is 367 g/mol. The maximum Gasteiger partial charge on any atom is 0.387 e. The lowest BCUT2D eigenvalue weighted by Gasteiger charge is -2.13. The zero-order valence-corrected chi connectivity index (χ0v) is 14.3. The van der Waals surface area contributed by atoms with Crippen LogP contribution in [0.25, 0.3) is 11.3 Å². The average Bonchev–Trinajstić information content (AvgIpc) is 3.17. The molecule has 8 heteroatoms. The SMILES string of the molecule is N[C@@H]1CCC[C@H]1CC(=O)Nc1nc(-c2ccc(OC(F)F)cc2)cs1. The maximum absolute atomic E-state index is 12.2. The number of amides is 1. The van der Waals surface area contributed by atoms with Gasteiger partial charge in [0.2, 0.25) is 5.91 Å². The highest BCUT2D eigenvalue weighted by Crippen LogP contribution is 2.29. The van der Waals surface area contributed by atoms with Gasteiger partial charge in [0.1, 0.15) is 5.75 Å². The first-order valence-electron chi connectivity index (χ1n) is 8.07. The molecular weight excluding hydrogens is 348 g/mol. The third-order valence-electron chi connectivity index (χ3n) is 4.29. The van der Waals surface area contributed by atoms with E-state index in [1.807, 2.05) is 0 Å². The van der Waals surface area contributed by atoms with Crippen LogP contribution < -0.4 is 15.8 Å². The fourth-order valence-corrected chi connectivity index (χ4v) is 3.73. The molecular formula is C17H19F2N3O2S. The van der Waals surface area contributed by atoms with Gasteiger partial charge < -0.3 is 15.8 Å². The molecule has 2 aromatic rings. The van der Waals surface area contributed by atoms with E-state index in [0.29, 0.717) is 17.2 Å². The fraction of sp³-hybridized carbons (Fsp3) is 0.412. The van der Waals surface area contributed by atoms with Crippen molar-refractivity contribution in [1.29, 1.82) is 0 Å². The summed E-state index contributed by atoms with van der Waals surface area (Å²) in [5.41, 5.74) is 7.42. The Bertz CT molecular complexity index is 721. The van der Waals surface area contributed by atoms with Gasteiger partial charge in [-0.05, 0) is 43.0 Å². The van der Waals surface area contributed by atoms with Crippen LogP contribution in [0.5, 0.6) is 5.75 Å². The number of rotatable bonds is 6. The second-order valence-corrected chi connectivity index (χ2v) is 6.91. The number of hydrogen-bond acceptors (Lipinski definition) is 5. The van der Waals surface area contributed by atoms with Gasteiger partial charge in [-0.2, -0.15) is 8.78 Å². The number of halogens is 2. The van der Waals surface area contributed by atoms with E-state index in [0.717, 1.165) is 24.8 Å². The van der Waals surface area contributed by atoms with Crippen LogP contribution in [-0.2, 0) is 4.79 Å². The van der Waals surface area contributed by atoms with Crippen molar-refractivity contribution in [2.24, 2.45) is 11.7 Å². The molecule has 1 aromatic heterocycles. The molecule has 1 amide bonds. The molecule has 0 spiro atoms. The van der Waals surface area contributed by atoms with Gasteiger partial charge in [-0.15, -0.1) is 11.3 Å². The lowest BCUT2D eigenvalue weighted by atomic mass is 10.00. The Morgan fingerprint density at radius 3 is 2.76 bits per heavy atom. The molecule has 1 saturated carbocycles. The van der Waals surface area contributed by atoms with E-state index in [-0.39, 0.29) is 23.6 Å². The summed E-state index contributed by atoms with van der Waals surface area (Å²) in [4.78, 5) is 16.5. The van der Waals surface area contributed by atoms with Crippen LogP contribution in [0.4, 0.5) is 13.9 Å². The van der Waals surface area contributed by atoms with Gasteiger partial charge in [0, 0.05) is 23.4 Å². The number of anilines is 1. The lowest BCUT2D eigenvalue weighted by molar-refractivity contribution is -0.117. The molecule has 1 aliphatic carbocycles. The summed E-state index contributed by atoms with van der Waals surface area (Å²) < 4.78 is 28.6. The summed E-state index contributed by atoms with van der Waals surface area (Å²) in [5, 5.41) is 5.12. The Balaban J connectivity index is 1.59. The Kier molecular flexibility index (Phi) is 5.60. The summed E-state index contributed by atoms with van der Waals surface area (Å²) in [7, 11) is 0. The molecule has 0 bridgehead atoms. The van der Waals surface area contributed by atoms with Gasteiger partial charge in [0.05, 0.1) is 5.69 Å². The van der Waals surface area contributed by atoms with Gasteiger partial charge in [-0.1, -0.05) is 6.42 Å². The number of hydrogen-bond donors (Lipinski definition) is 2. The van der Waals surface area contributed by atoms with Gasteiger partial charge >= 0.3 is 6.61 Å². The van der Waals surface area contributed by atoms with E-state index in [1.54, 1.807) is 17.5 Å². The number of nitrogens with two attached hydrogens (primary N) is 1. The molecule has 134 valence electrons. The lowest BCUT2D eigenvalue weighted by Crippen LogP contribution is -2.28. The van der Waals surface area contributed by atoms with E-state index in [4.69, 9.17) is 5.73 Å². The van der Waals surface area contributed by atoms with Gasteiger partial charge in [0.25, 0.3) is 0 Å². The number of ether oxygens (including phenoxy) is 1. The van der Waals surface area contributed by atoms with Crippen molar-refractivity contribution in [2.45, 2.75) is 38.3 Å². The van der Waals surface area contributed by atoms with E-state index in [2.05, 4.69) is 15.0 Å². The van der Waals surface area contributed by atoms with Crippen LogP contribution >= 0.6 is 11.3 Å². The molecule has 0 saturated heterocycles. The normalized spacial score (nSPS) is 20.0. The molecule has 1 fully saturated rings. The highest BCUT2D eigenvalue weighted by Gasteiger charge is 2.26. The number of carbonyl (C=O) groups excluding carboxylic acids is 1. The average molecular weight is 367 g/mol. The molecule has 2 atom stereocenters. The smallest absolute Gasteiger partial charge is 0.387 e. The van der Waals surface area contributed by atoms with Crippen LogP contribution in [0, 0.1) is 5.92 Å². The summed E-state index contributed by atoms with van der Waals surface area (Å²) in [6.45, 7) is -2.85. The summed E-state index contributed by atoms with van der Waals surface area (Å²) in [6, 6.07) is 6.32. The molecule has 3 N–H and O–H groups in total. The number of nitrogens with zero attached hydrogens (tertiary/aromatic N) is 1.